The average molecular weight is 392 g/mol. The molecule has 0 aliphatic carbocycles. The van der Waals surface area contributed by atoms with Crippen molar-refractivity contribution < 1.29 is 19.1 Å². The lowest BCUT2D eigenvalue weighted by Crippen LogP contribution is -2.40. The van der Waals surface area contributed by atoms with E-state index in [-0.39, 0.29) is 11.8 Å². The number of benzene rings is 2. The fourth-order valence-electron chi connectivity index (χ4n) is 3.81. The van der Waals surface area contributed by atoms with E-state index in [0.29, 0.717) is 54.6 Å². The van der Waals surface area contributed by atoms with E-state index >= 15 is 0 Å². The number of hydrogen-bond acceptors (Lipinski definition) is 5. The number of carbonyl (C=O) groups excluding carboxylic acids is 2. The Kier molecular flexibility index (Phi) is 5.11. The summed E-state index contributed by atoms with van der Waals surface area (Å²) in [6.07, 6.45) is 0. The summed E-state index contributed by atoms with van der Waals surface area (Å²) in [7, 11) is 1.60. The van der Waals surface area contributed by atoms with E-state index in [4.69, 9.17) is 9.47 Å². The van der Waals surface area contributed by atoms with E-state index in [1.807, 2.05) is 49.1 Å². The van der Waals surface area contributed by atoms with Gasteiger partial charge in [-0.15, -0.1) is 0 Å². The van der Waals surface area contributed by atoms with Crippen LogP contribution < -0.4 is 9.64 Å². The second-order valence-electron chi connectivity index (χ2n) is 7.22. The molecule has 2 heterocycles. The zero-order chi connectivity index (χ0) is 20.5. The van der Waals surface area contributed by atoms with Crippen LogP contribution in [0.15, 0.2) is 48.2 Å². The largest absolute Gasteiger partial charge is 0.497 e. The number of methoxy groups -OCH3 is 1. The van der Waals surface area contributed by atoms with Crippen LogP contribution in [-0.4, -0.2) is 50.1 Å². The second kappa shape index (κ2) is 7.72. The van der Waals surface area contributed by atoms with Crippen molar-refractivity contribution in [2.24, 2.45) is 0 Å². The maximum Gasteiger partial charge on any atom is 0.282 e. The van der Waals surface area contributed by atoms with Gasteiger partial charge in [0.15, 0.2) is 0 Å². The van der Waals surface area contributed by atoms with E-state index in [9.17, 15) is 9.59 Å². The molecule has 6 heteroatoms. The van der Waals surface area contributed by atoms with Gasteiger partial charge < -0.3 is 14.4 Å². The Balaban J connectivity index is 1.84. The van der Waals surface area contributed by atoms with Crippen LogP contribution in [0.3, 0.4) is 0 Å². The van der Waals surface area contributed by atoms with E-state index in [2.05, 4.69) is 0 Å². The number of imide groups is 1. The number of ether oxygens (including phenoxy) is 2. The zero-order valence-corrected chi connectivity index (χ0v) is 16.9. The number of nitrogens with zero attached hydrogens (tertiary/aromatic N) is 2. The summed E-state index contributed by atoms with van der Waals surface area (Å²) >= 11 is 0. The van der Waals surface area contributed by atoms with Crippen LogP contribution in [0.2, 0.25) is 0 Å². The van der Waals surface area contributed by atoms with Crippen molar-refractivity contribution >= 4 is 23.1 Å². The lowest BCUT2D eigenvalue weighted by Gasteiger charge is -2.29. The molecule has 0 atom stereocenters. The summed E-state index contributed by atoms with van der Waals surface area (Å²) in [6.45, 7) is 6.13. The van der Waals surface area contributed by atoms with Gasteiger partial charge in [0.1, 0.15) is 11.4 Å². The van der Waals surface area contributed by atoms with Crippen LogP contribution in [0.5, 0.6) is 5.75 Å². The van der Waals surface area contributed by atoms with E-state index in [0.717, 1.165) is 11.1 Å². The molecule has 2 aliphatic rings. The average Bonchev–Trinajstić information content (AvgIpc) is 3.01. The van der Waals surface area contributed by atoms with Crippen molar-refractivity contribution in [2.75, 3.05) is 38.3 Å². The van der Waals surface area contributed by atoms with Crippen LogP contribution in [0.1, 0.15) is 16.7 Å². The van der Waals surface area contributed by atoms with Gasteiger partial charge in [0.25, 0.3) is 11.8 Å². The number of rotatable bonds is 4. The van der Waals surface area contributed by atoms with Crippen molar-refractivity contribution in [1.29, 1.82) is 0 Å². The number of anilines is 1. The first-order valence-electron chi connectivity index (χ1n) is 9.69. The third kappa shape index (κ3) is 3.29. The standard InChI is InChI=1S/C23H24N2O4/c1-15-5-4-6-19(16(15)2)25-22(26)20(17-7-9-18(28-3)10-8-17)21(23(25)27)24-11-13-29-14-12-24/h4-10H,11-14H2,1-3H3. The third-order valence-corrected chi connectivity index (χ3v) is 5.58. The molecular formula is C23H24N2O4. The molecule has 4 rings (SSSR count). The Hall–Kier alpha value is -3.12. The number of carbonyl (C=O) groups is 2. The van der Waals surface area contributed by atoms with Crippen LogP contribution in [0.4, 0.5) is 5.69 Å². The van der Waals surface area contributed by atoms with Crippen LogP contribution in [0.25, 0.3) is 5.57 Å². The molecule has 1 fully saturated rings. The van der Waals surface area contributed by atoms with E-state index in [1.54, 1.807) is 19.2 Å². The Morgan fingerprint density at radius 2 is 1.62 bits per heavy atom. The Bertz CT molecular complexity index is 988. The minimum atomic E-state index is -0.296. The first kappa shape index (κ1) is 19.2. The Morgan fingerprint density at radius 1 is 0.931 bits per heavy atom. The highest BCUT2D eigenvalue weighted by Crippen LogP contribution is 2.37. The molecule has 2 amide bonds. The van der Waals surface area contributed by atoms with Gasteiger partial charge in [-0.25, -0.2) is 4.90 Å². The monoisotopic (exact) mass is 392 g/mol. The zero-order valence-electron chi connectivity index (χ0n) is 16.9. The van der Waals surface area contributed by atoms with Crippen molar-refractivity contribution in [3.8, 4) is 5.75 Å². The summed E-state index contributed by atoms with van der Waals surface area (Å²) < 4.78 is 10.7. The van der Waals surface area contributed by atoms with Gasteiger partial charge in [0, 0.05) is 13.1 Å². The lowest BCUT2D eigenvalue weighted by molar-refractivity contribution is -0.121. The Morgan fingerprint density at radius 3 is 2.28 bits per heavy atom. The summed E-state index contributed by atoms with van der Waals surface area (Å²) in [4.78, 5) is 30.4. The van der Waals surface area contributed by atoms with Gasteiger partial charge in [-0.3, -0.25) is 9.59 Å². The highest BCUT2D eigenvalue weighted by atomic mass is 16.5. The summed E-state index contributed by atoms with van der Waals surface area (Å²) in [5, 5.41) is 0. The first-order chi connectivity index (χ1) is 14.0. The van der Waals surface area contributed by atoms with Gasteiger partial charge >= 0.3 is 0 Å². The topological polar surface area (TPSA) is 59.1 Å². The van der Waals surface area contributed by atoms with Crippen LogP contribution in [-0.2, 0) is 14.3 Å². The molecule has 0 radical (unpaired) electrons. The first-order valence-corrected chi connectivity index (χ1v) is 9.69. The molecule has 0 bridgehead atoms. The van der Waals surface area contributed by atoms with Gasteiger partial charge in [0.2, 0.25) is 0 Å². The molecule has 0 unspecified atom stereocenters. The SMILES string of the molecule is COc1ccc(C2=C(N3CCOCC3)C(=O)N(c3cccc(C)c3C)C2=O)cc1. The smallest absolute Gasteiger partial charge is 0.282 e. The molecular weight excluding hydrogens is 368 g/mol. The molecule has 2 aromatic carbocycles. The Labute approximate surface area is 170 Å². The van der Waals surface area contributed by atoms with Gasteiger partial charge in [-0.05, 0) is 48.7 Å². The van der Waals surface area contributed by atoms with Gasteiger partial charge in [0.05, 0.1) is 31.6 Å². The highest BCUT2D eigenvalue weighted by molar-refractivity contribution is 6.45. The highest BCUT2D eigenvalue weighted by Gasteiger charge is 2.43. The number of amides is 2. The summed E-state index contributed by atoms with van der Waals surface area (Å²) in [6, 6.07) is 12.9. The van der Waals surface area contributed by atoms with Crippen LogP contribution >= 0.6 is 0 Å². The molecule has 0 N–H and O–H groups in total. The number of hydrogen-bond donors (Lipinski definition) is 0. The molecule has 1 saturated heterocycles. The number of aryl methyl sites for hydroxylation is 1. The molecule has 150 valence electrons. The molecule has 0 aromatic heterocycles. The molecule has 0 spiro atoms. The molecule has 6 nitrogen and oxygen atoms in total. The normalized spacial score (nSPS) is 17.3. The van der Waals surface area contributed by atoms with E-state index < -0.39 is 0 Å². The lowest BCUT2D eigenvalue weighted by atomic mass is 10.0. The van der Waals surface area contributed by atoms with Crippen LogP contribution in [0, 0.1) is 13.8 Å². The number of morpholine rings is 1. The molecule has 2 aliphatic heterocycles. The van der Waals surface area contributed by atoms with Gasteiger partial charge in [-0.2, -0.15) is 0 Å². The third-order valence-electron chi connectivity index (χ3n) is 5.58. The van der Waals surface area contributed by atoms with E-state index in [1.165, 1.54) is 4.90 Å². The van der Waals surface area contributed by atoms with Gasteiger partial charge in [-0.1, -0.05) is 24.3 Å². The predicted octanol–water partition coefficient (Wildman–Crippen LogP) is 2.93. The molecule has 0 saturated carbocycles. The van der Waals surface area contributed by atoms with Crippen molar-refractivity contribution in [3.05, 3.63) is 64.9 Å². The van der Waals surface area contributed by atoms with Crippen molar-refractivity contribution in [1.82, 2.24) is 4.90 Å². The molecule has 29 heavy (non-hydrogen) atoms. The maximum absolute atomic E-state index is 13.5. The predicted molar refractivity (Wildman–Crippen MR) is 111 cm³/mol. The van der Waals surface area contributed by atoms with Crippen molar-refractivity contribution in [3.63, 3.8) is 0 Å². The fourth-order valence-corrected chi connectivity index (χ4v) is 3.81. The fraction of sp³-hybridized carbons (Fsp3) is 0.304. The molecule has 2 aromatic rings. The summed E-state index contributed by atoms with van der Waals surface area (Å²) in [5.74, 6) is 0.122. The maximum atomic E-state index is 13.5. The summed E-state index contributed by atoms with van der Waals surface area (Å²) in [5.41, 5.74) is 4.18. The van der Waals surface area contributed by atoms with Crippen molar-refractivity contribution in [2.45, 2.75) is 13.8 Å². The quantitative estimate of drug-likeness (QED) is 0.749. The minimum Gasteiger partial charge on any atom is -0.497 e. The second-order valence-corrected chi connectivity index (χ2v) is 7.22. The minimum absolute atomic E-state index is 0.281.